The first-order valence-corrected chi connectivity index (χ1v) is 13.5. The van der Waals surface area contributed by atoms with Gasteiger partial charge in [-0.15, -0.1) is 0 Å². The predicted molar refractivity (Wildman–Crippen MR) is 159 cm³/mol. The quantitative estimate of drug-likeness (QED) is 0.224. The zero-order chi connectivity index (χ0) is 27.1. The van der Waals surface area contributed by atoms with Crippen molar-refractivity contribution in [2.75, 3.05) is 43.4 Å². The zero-order valence-corrected chi connectivity index (χ0v) is 22.2. The van der Waals surface area contributed by atoms with Crippen LogP contribution < -0.4 is 10.2 Å². The lowest BCUT2D eigenvalue weighted by atomic mass is 10.0. The Balaban J connectivity index is 1.21. The fourth-order valence-corrected chi connectivity index (χ4v) is 5.39. The van der Waals surface area contributed by atoms with E-state index in [9.17, 15) is 5.11 Å². The van der Waals surface area contributed by atoms with E-state index in [-0.39, 0.29) is 0 Å². The van der Waals surface area contributed by atoms with Crippen LogP contribution >= 0.6 is 0 Å². The number of nitrogens with one attached hydrogen (secondary N) is 3. The van der Waals surface area contributed by atoms with Gasteiger partial charge in [0.25, 0.3) is 0 Å². The van der Waals surface area contributed by atoms with Crippen LogP contribution in [0, 0.1) is 0 Å². The van der Waals surface area contributed by atoms with Crippen LogP contribution in [-0.4, -0.2) is 68.4 Å². The lowest BCUT2D eigenvalue weighted by molar-refractivity contribution is 0.208. The molecular weight excluding hydrogens is 500 g/mol. The molecule has 1 atom stereocenters. The predicted octanol–water partition coefficient (Wildman–Crippen LogP) is 5.02. The summed E-state index contributed by atoms with van der Waals surface area (Å²) in [6.45, 7) is 3.97. The molecule has 1 aliphatic heterocycles. The molecule has 1 fully saturated rings. The monoisotopic (exact) mass is 530 g/mol. The zero-order valence-electron chi connectivity index (χ0n) is 22.2. The number of nitrogens with zero attached hydrogens (tertiary/aromatic N) is 5. The highest BCUT2D eigenvalue weighted by Gasteiger charge is 2.20. The fraction of sp³-hybridized carbons (Fsp3) is 0.194. The normalized spacial score (nSPS) is 15.1. The van der Waals surface area contributed by atoms with Gasteiger partial charge in [0, 0.05) is 60.5 Å². The number of aliphatic hydroxyl groups excluding tert-OH is 1. The van der Waals surface area contributed by atoms with E-state index in [2.05, 4.69) is 60.5 Å². The van der Waals surface area contributed by atoms with Crippen molar-refractivity contribution in [3.8, 4) is 22.5 Å². The van der Waals surface area contributed by atoms with E-state index in [4.69, 9.17) is 4.98 Å². The van der Waals surface area contributed by atoms with Crippen molar-refractivity contribution >= 4 is 33.3 Å². The number of rotatable bonds is 6. The van der Waals surface area contributed by atoms with E-state index in [0.717, 1.165) is 87.6 Å². The number of H-pyrrole nitrogens is 2. The molecule has 9 heteroatoms. The van der Waals surface area contributed by atoms with Gasteiger partial charge in [-0.3, -0.25) is 10.1 Å². The number of fused-ring (bicyclic) bond motifs is 2. The lowest BCUT2D eigenvalue weighted by Crippen LogP contribution is -2.44. The molecule has 0 aliphatic carbocycles. The van der Waals surface area contributed by atoms with E-state index in [0.29, 0.717) is 0 Å². The van der Waals surface area contributed by atoms with Gasteiger partial charge >= 0.3 is 0 Å². The van der Waals surface area contributed by atoms with E-state index in [1.54, 1.807) is 6.20 Å². The molecule has 4 N–H and O–H groups in total. The highest BCUT2D eigenvalue weighted by molar-refractivity contribution is 6.00. The Kier molecular flexibility index (Phi) is 6.14. The maximum Gasteiger partial charge on any atom is 0.150 e. The van der Waals surface area contributed by atoms with Gasteiger partial charge in [0.2, 0.25) is 0 Å². The number of pyridine rings is 2. The number of hydrogen-bond acceptors (Lipinski definition) is 7. The summed E-state index contributed by atoms with van der Waals surface area (Å²) in [5.74, 6) is 1.02. The number of piperazine rings is 1. The molecule has 9 nitrogen and oxygen atoms in total. The number of hydrogen-bond donors (Lipinski definition) is 4. The summed E-state index contributed by atoms with van der Waals surface area (Å²) in [5.41, 5.74) is 7.29. The number of aromatic amines is 2. The lowest BCUT2D eigenvalue weighted by Gasteiger charge is -2.33. The van der Waals surface area contributed by atoms with Crippen LogP contribution in [0.1, 0.15) is 11.8 Å². The Bertz CT molecular complexity index is 1790. The molecule has 40 heavy (non-hydrogen) atoms. The summed E-state index contributed by atoms with van der Waals surface area (Å²) >= 11 is 0. The van der Waals surface area contributed by atoms with Crippen molar-refractivity contribution in [2.24, 2.45) is 0 Å². The summed E-state index contributed by atoms with van der Waals surface area (Å²) in [7, 11) is 2.16. The van der Waals surface area contributed by atoms with Crippen molar-refractivity contribution in [2.45, 2.75) is 6.23 Å². The number of anilines is 2. The number of aromatic nitrogens is 5. The molecule has 0 spiro atoms. The van der Waals surface area contributed by atoms with Gasteiger partial charge in [0.15, 0.2) is 6.23 Å². The molecule has 2 aromatic carbocycles. The van der Waals surface area contributed by atoms with Gasteiger partial charge in [-0.2, -0.15) is 5.10 Å². The summed E-state index contributed by atoms with van der Waals surface area (Å²) in [4.78, 5) is 17.5. The van der Waals surface area contributed by atoms with Gasteiger partial charge in [-0.25, -0.2) is 4.98 Å². The molecule has 5 heterocycles. The van der Waals surface area contributed by atoms with E-state index >= 15 is 0 Å². The Labute approximate surface area is 231 Å². The maximum absolute atomic E-state index is 10.6. The van der Waals surface area contributed by atoms with Crippen molar-refractivity contribution in [1.82, 2.24) is 30.0 Å². The van der Waals surface area contributed by atoms with E-state index in [1.807, 2.05) is 60.9 Å². The van der Waals surface area contributed by atoms with Crippen molar-refractivity contribution < 1.29 is 5.11 Å². The summed E-state index contributed by atoms with van der Waals surface area (Å²) < 4.78 is 0. The first-order valence-electron chi connectivity index (χ1n) is 13.5. The number of likely N-dealkylation sites (N-methyl/N-ethyl adjacent to an activating group) is 1. The maximum atomic E-state index is 10.6. The molecule has 4 aromatic heterocycles. The van der Waals surface area contributed by atoms with Crippen LogP contribution in [0.25, 0.3) is 44.3 Å². The minimum atomic E-state index is -0.826. The average Bonchev–Trinajstić information content (AvgIpc) is 3.62. The van der Waals surface area contributed by atoms with E-state index < -0.39 is 6.23 Å². The van der Waals surface area contributed by atoms with Gasteiger partial charge < -0.3 is 25.2 Å². The van der Waals surface area contributed by atoms with Crippen LogP contribution in [0.3, 0.4) is 0 Å². The molecule has 6 aromatic rings. The Morgan fingerprint density at radius 2 is 1.73 bits per heavy atom. The second-order valence-electron chi connectivity index (χ2n) is 10.3. The summed E-state index contributed by atoms with van der Waals surface area (Å²) in [6, 6.07) is 21.9. The topological polar surface area (TPSA) is 109 Å². The van der Waals surface area contributed by atoms with Crippen LogP contribution in [0.15, 0.2) is 85.3 Å². The van der Waals surface area contributed by atoms with Crippen LogP contribution in [0.4, 0.5) is 11.5 Å². The van der Waals surface area contributed by atoms with E-state index in [1.165, 1.54) is 0 Å². The highest BCUT2D eigenvalue weighted by atomic mass is 16.3. The second-order valence-corrected chi connectivity index (χ2v) is 10.3. The standard InChI is InChI=1S/C31H30N8O/c1-38-11-13-39(14-12-38)30-25-17-28(35-26(25)9-10-33-30)29-24-16-21(7-8-27(24)36-37-29)22-15-23(19-32-18-22)34-31(40)20-5-3-2-4-6-20/h2-10,15-19,31,34-35,40H,11-14H2,1H3,(H,36,37). The van der Waals surface area contributed by atoms with Gasteiger partial charge in [0.1, 0.15) is 11.5 Å². The van der Waals surface area contributed by atoms with Crippen molar-refractivity contribution in [1.29, 1.82) is 0 Å². The SMILES string of the molecule is CN1CCN(c2nccc3[nH]c(-c4n[nH]c5ccc(-c6cncc(NC(O)c7ccccc7)c6)cc45)cc23)CC1. The molecular formula is C31H30N8O. The second kappa shape index (κ2) is 10.1. The molecule has 1 saturated heterocycles. The van der Waals surface area contributed by atoms with Crippen molar-refractivity contribution in [3.63, 3.8) is 0 Å². The Hall–Kier alpha value is -4.73. The molecule has 0 radical (unpaired) electrons. The van der Waals surface area contributed by atoms with Gasteiger partial charge in [-0.1, -0.05) is 36.4 Å². The molecule has 200 valence electrons. The third kappa shape index (κ3) is 4.55. The number of benzene rings is 2. The first-order chi connectivity index (χ1) is 19.6. The smallest absolute Gasteiger partial charge is 0.150 e. The minimum Gasteiger partial charge on any atom is -0.369 e. The van der Waals surface area contributed by atoms with Gasteiger partial charge in [0.05, 0.1) is 28.6 Å². The molecule has 0 saturated carbocycles. The molecule has 7 rings (SSSR count). The fourth-order valence-electron chi connectivity index (χ4n) is 5.39. The molecule has 1 aliphatic rings. The van der Waals surface area contributed by atoms with Crippen LogP contribution in [-0.2, 0) is 0 Å². The minimum absolute atomic E-state index is 0.737. The summed E-state index contributed by atoms with van der Waals surface area (Å²) in [5, 5.41) is 23.8. The number of aliphatic hydroxyl groups is 1. The van der Waals surface area contributed by atoms with Crippen molar-refractivity contribution in [3.05, 3.63) is 90.9 Å². The summed E-state index contributed by atoms with van der Waals surface area (Å²) in [6.07, 6.45) is 4.60. The molecule has 1 unspecified atom stereocenters. The third-order valence-electron chi connectivity index (χ3n) is 7.64. The molecule has 0 amide bonds. The molecule has 0 bridgehead atoms. The Morgan fingerprint density at radius 1 is 0.875 bits per heavy atom. The first kappa shape index (κ1) is 24.3. The van der Waals surface area contributed by atoms with Crippen LogP contribution in [0.2, 0.25) is 0 Å². The Morgan fingerprint density at radius 3 is 2.58 bits per heavy atom. The van der Waals surface area contributed by atoms with Gasteiger partial charge in [-0.05, 0) is 42.9 Å². The highest BCUT2D eigenvalue weighted by Crippen LogP contribution is 2.34. The van der Waals surface area contributed by atoms with Crippen LogP contribution in [0.5, 0.6) is 0 Å². The third-order valence-corrected chi connectivity index (χ3v) is 7.64. The largest absolute Gasteiger partial charge is 0.369 e. The average molecular weight is 531 g/mol.